The second-order valence-corrected chi connectivity index (χ2v) is 6.09. The maximum absolute atomic E-state index is 12.1. The second-order valence-electron chi connectivity index (χ2n) is 6.09. The molecule has 0 saturated heterocycles. The number of likely N-dealkylation sites (N-methyl/N-ethyl adjacent to an activating group) is 1. The lowest BCUT2D eigenvalue weighted by Crippen LogP contribution is -2.39. The van der Waals surface area contributed by atoms with Crippen molar-refractivity contribution < 1.29 is 19.4 Å². The van der Waals surface area contributed by atoms with Crippen molar-refractivity contribution in [2.75, 3.05) is 27.2 Å². The van der Waals surface area contributed by atoms with Gasteiger partial charge < -0.3 is 19.5 Å². The highest BCUT2D eigenvalue weighted by Gasteiger charge is 2.24. The fourth-order valence-corrected chi connectivity index (χ4v) is 2.77. The zero-order chi connectivity index (χ0) is 17.1. The molecule has 1 aromatic rings. The van der Waals surface area contributed by atoms with Gasteiger partial charge in [-0.25, -0.2) is 0 Å². The minimum Gasteiger partial charge on any atom is -0.508 e. The van der Waals surface area contributed by atoms with Gasteiger partial charge in [-0.3, -0.25) is 4.79 Å². The zero-order valence-corrected chi connectivity index (χ0v) is 13.9. The van der Waals surface area contributed by atoms with Crippen LogP contribution < -0.4 is 10.4 Å². The molecule has 1 N–H and O–H groups in total. The van der Waals surface area contributed by atoms with Crippen molar-refractivity contribution in [1.82, 2.24) is 4.90 Å². The molecule has 0 radical (unpaired) electrons. The number of ether oxygens (including phenoxy) is 2. The Bertz CT molecular complexity index is 820. The monoisotopic (exact) mass is 327 g/mol. The number of allylic oxidation sites excluding steroid dienone is 1. The van der Waals surface area contributed by atoms with E-state index in [0.29, 0.717) is 18.9 Å². The average Bonchev–Trinajstić information content (AvgIpc) is 2.55. The van der Waals surface area contributed by atoms with Crippen LogP contribution in [0, 0.1) is 0 Å². The van der Waals surface area contributed by atoms with E-state index in [0.717, 1.165) is 16.0 Å². The number of fused-ring (bicyclic) bond motifs is 2. The van der Waals surface area contributed by atoms with Crippen molar-refractivity contribution in [2.45, 2.75) is 12.5 Å². The smallest absolute Gasteiger partial charge is 0.313 e. The first-order chi connectivity index (χ1) is 11.5. The Kier molecular flexibility index (Phi) is 4.71. The number of hydrogen-bond acceptors (Lipinski definition) is 5. The summed E-state index contributed by atoms with van der Waals surface area (Å²) < 4.78 is 11.3. The van der Waals surface area contributed by atoms with E-state index < -0.39 is 0 Å². The highest BCUT2D eigenvalue weighted by Crippen LogP contribution is 2.23. The van der Waals surface area contributed by atoms with E-state index >= 15 is 0 Å². The van der Waals surface area contributed by atoms with Gasteiger partial charge >= 0.3 is 5.97 Å². The number of rotatable bonds is 5. The molecule has 126 valence electrons. The number of hydrogen-bond donors (Lipinski definition) is 1. The maximum atomic E-state index is 12.1. The first kappa shape index (κ1) is 16.3. The summed E-state index contributed by atoms with van der Waals surface area (Å²) in [6, 6.07) is 7.73. The molecule has 1 aliphatic carbocycles. The normalized spacial score (nSPS) is 18.6. The number of carbonyl (C=O) groups excluding carboxylic acids is 1. The van der Waals surface area contributed by atoms with Gasteiger partial charge in [0.1, 0.15) is 30.6 Å². The molecule has 1 unspecified atom stereocenters. The summed E-state index contributed by atoms with van der Waals surface area (Å²) in [4.78, 5) is 14.1. The van der Waals surface area contributed by atoms with Crippen LogP contribution in [0.5, 0.6) is 0 Å². The van der Waals surface area contributed by atoms with Gasteiger partial charge in [-0.1, -0.05) is 24.3 Å². The van der Waals surface area contributed by atoms with Crippen LogP contribution in [0.1, 0.15) is 6.42 Å². The van der Waals surface area contributed by atoms with Crippen molar-refractivity contribution in [2.24, 2.45) is 0 Å². The van der Waals surface area contributed by atoms with Gasteiger partial charge in [0, 0.05) is 17.3 Å². The van der Waals surface area contributed by atoms with Crippen LogP contribution in [0.3, 0.4) is 0 Å². The molecule has 0 spiro atoms. The van der Waals surface area contributed by atoms with E-state index in [9.17, 15) is 9.90 Å². The topological polar surface area (TPSA) is 59.0 Å². The fourth-order valence-electron chi connectivity index (χ4n) is 2.77. The summed E-state index contributed by atoms with van der Waals surface area (Å²) in [5.74, 6) is 0.503. The first-order valence-electron chi connectivity index (χ1n) is 7.93. The maximum Gasteiger partial charge on any atom is 0.313 e. The van der Waals surface area contributed by atoms with Gasteiger partial charge in [0.05, 0.1) is 0 Å². The lowest BCUT2D eigenvalue weighted by atomic mass is 9.96. The average molecular weight is 327 g/mol. The van der Waals surface area contributed by atoms with Crippen molar-refractivity contribution in [1.29, 1.82) is 0 Å². The van der Waals surface area contributed by atoms with Crippen LogP contribution in [-0.2, 0) is 14.3 Å². The third kappa shape index (κ3) is 3.51. The number of carbonyl (C=O) groups is 1. The Hall–Kier alpha value is -2.53. The quantitative estimate of drug-likeness (QED) is 0.813. The molecule has 24 heavy (non-hydrogen) atoms. The Labute approximate surface area is 140 Å². The van der Waals surface area contributed by atoms with E-state index in [1.807, 2.05) is 43.3 Å². The van der Waals surface area contributed by atoms with E-state index in [1.54, 1.807) is 18.2 Å². The molecular formula is C19H21NO4. The second kappa shape index (κ2) is 6.93. The van der Waals surface area contributed by atoms with Crippen LogP contribution >= 0.6 is 0 Å². The predicted octanol–water partition coefficient (Wildman–Crippen LogP) is 0.851. The van der Waals surface area contributed by atoms with E-state index in [-0.39, 0.29) is 24.3 Å². The zero-order valence-electron chi connectivity index (χ0n) is 13.9. The predicted molar refractivity (Wildman–Crippen MR) is 91.4 cm³/mol. The molecule has 2 aliphatic rings. The number of aliphatic hydroxyl groups excluding tert-OH is 1. The molecule has 1 aromatic carbocycles. The largest absolute Gasteiger partial charge is 0.508 e. The van der Waals surface area contributed by atoms with Gasteiger partial charge in [0.15, 0.2) is 0 Å². The van der Waals surface area contributed by atoms with Crippen LogP contribution in [0.2, 0.25) is 0 Å². The standard InChI is InChI=1S/C19H21NO4/c1-20(2)9-10-23-19(22)12-18-15-6-4-3-5-14(15)16-11-13(21)7-8-17(16)24-18/h3-8,11,17,21H,9-10,12H2,1-2H3. The summed E-state index contributed by atoms with van der Waals surface area (Å²) in [6.45, 7) is 1.05. The number of benzene rings is 1. The van der Waals surface area contributed by atoms with Crippen molar-refractivity contribution in [3.63, 3.8) is 0 Å². The molecule has 0 fully saturated rings. The summed E-state index contributed by atoms with van der Waals surface area (Å²) in [7, 11) is 3.86. The molecular weight excluding hydrogens is 306 g/mol. The Morgan fingerprint density at radius 1 is 1.29 bits per heavy atom. The number of esters is 1. The molecule has 5 heteroatoms. The van der Waals surface area contributed by atoms with Crippen LogP contribution in [0.15, 0.2) is 48.3 Å². The molecule has 0 bridgehead atoms. The third-order valence-corrected chi connectivity index (χ3v) is 3.97. The molecule has 1 heterocycles. The van der Waals surface area contributed by atoms with Crippen LogP contribution in [-0.4, -0.2) is 49.3 Å². The molecule has 1 aliphatic heterocycles. The van der Waals surface area contributed by atoms with E-state index in [2.05, 4.69) is 0 Å². The summed E-state index contributed by atoms with van der Waals surface area (Å²) in [6.07, 6.45) is 4.90. The Balaban J connectivity index is 1.90. The van der Waals surface area contributed by atoms with Gasteiger partial charge in [-0.2, -0.15) is 0 Å². The minimum absolute atomic E-state index is 0.0950. The Morgan fingerprint density at radius 3 is 2.79 bits per heavy atom. The lowest BCUT2D eigenvalue weighted by Gasteiger charge is -2.25. The van der Waals surface area contributed by atoms with Gasteiger partial charge in [-0.15, -0.1) is 0 Å². The number of aliphatic hydroxyl groups is 1. The van der Waals surface area contributed by atoms with Crippen molar-refractivity contribution in [3.05, 3.63) is 58.7 Å². The van der Waals surface area contributed by atoms with Crippen LogP contribution in [0.25, 0.3) is 11.3 Å². The van der Waals surface area contributed by atoms with Crippen molar-refractivity contribution >= 4 is 17.3 Å². The summed E-state index contributed by atoms with van der Waals surface area (Å²) >= 11 is 0. The SMILES string of the molecule is CN(C)CCOC(=O)CC1=c2ccccc2=C2C=C(O)C=CC2O1. The molecule has 5 nitrogen and oxygen atoms in total. The Morgan fingerprint density at radius 2 is 2.04 bits per heavy atom. The van der Waals surface area contributed by atoms with E-state index in [1.165, 1.54) is 0 Å². The van der Waals surface area contributed by atoms with Crippen LogP contribution in [0.4, 0.5) is 0 Å². The molecule has 3 rings (SSSR count). The fraction of sp³-hybridized carbons (Fsp3) is 0.316. The summed E-state index contributed by atoms with van der Waals surface area (Å²) in [5, 5.41) is 11.6. The molecule has 0 aromatic heterocycles. The summed E-state index contributed by atoms with van der Waals surface area (Å²) in [5.41, 5.74) is 0.898. The van der Waals surface area contributed by atoms with Crippen molar-refractivity contribution in [3.8, 4) is 0 Å². The third-order valence-electron chi connectivity index (χ3n) is 3.97. The molecule has 1 atom stereocenters. The molecule has 0 amide bonds. The molecule has 0 saturated carbocycles. The lowest BCUT2D eigenvalue weighted by molar-refractivity contribution is -0.143. The van der Waals surface area contributed by atoms with E-state index in [4.69, 9.17) is 9.47 Å². The van der Waals surface area contributed by atoms with Gasteiger partial charge in [0.2, 0.25) is 0 Å². The van der Waals surface area contributed by atoms with Gasteiger partial charge in [-0.05, 0) is 37.5 Å². The minimum atomic E-state index is -0.303. The van der Waals surface area contributed by atoms with Gasteiger partial charge in [0.25, 0.3) is 0 Å². The number of nitrogens with zero attached hydrogens (tertiary/aromatic N) is 1. The highest BCUT2D eigenvalue weighted by molar-refractivity contribution is 5.80. The highest BCUT2D eigenvalue weighted by atomic mass is 16.5. The first-order valence-corrected chi connectivity index (χ1v) is 7.93.